The summed E-state index contributed by atoms with van der Waals surface area (Å²) in [6.45, 7) is 7.70. The van der Waals surface area contributed by atoms with Gasteiger partial charge in [0.2, 0.25) is 17.7 Å². The van der Waals surface area contributed by atoms with Gasteiger partial charge >= 0.3 is 0 Å². The van der Waals surface area contributed by atoms with E-state index in [-0.39, 0.29) is 30.4 Å². The molecule has 1 saturated carbocycles. The van der Waals surface area contributed by atoms with E-state index in [2.05, 4.69) is 44.5 Å². The van der Waals surface area contributed by atoms with Gasteiger partial charge in [-0.1, -0.05) is 36.9 Å². The molecule has 2 amide bonds. The van der Waals surface area contributed by atoms with Crippen molar-refractivity contribution in [1.82, 2.24) is 25.8 Å². The summed E-state index contributed by atoms with van der Waals surface area (Å²) in [5.74, 6) is 1.66. The fourth-order valence-electron chi connectivity index (χ4n) is 5.21. The molecule has 0 radical (unpaired) electrons. The molecule has 196 valence electrons. The van der Waals surface area contributed by atoms with E-state index in [0.717, 1.165) is 63.0 Å². The first-order valence-electron chi connectivity index (χ1n) is 13.1. The molecule has 2 aliphatic rings. The van der Waals surface area contributed by atoms with Gasteiger partial charge in [-0.3, -0.25) is 9.59 Å². The summed E-state index contributed by atoms with van der Waals surface area (Å²) in [7, 11) is 0. The molecule has 2 aromatic rings. The first kappa shape index (κ1) is 26.1. The normalized spacial score (nSPS) is 22.0. The topological polar surface area (TPSA) is 122 Å². The van der Waals surface area contributed by atoms with Gasteiger partial charge in [0.1, 0.15) is 11.4 Å². The number of nitrogens with one attached hydrogen (secondary N) is 2. The van der Waals surface area contributed by atoms with Crippen LogP contribution < -0.4 is 15.5 Å². The van der Waals surface area contributed by atoms with Crippen molar-refractivity contribution < 1.29 is 18.8 Å². The van der Waals surface area contributed by atoms with E-state index >= 15 is 0 Å². The van der Waals surface area contributed by atoms with Gasteiger partial charge in [-0.2, -0.15) is 4.98 Å². The Morgan fingerprint density at radius 1 is 1.11 bits per heavy atom. The van der Waals surface area contributed by atoms with Gasteiger partial charge in [0.05, 0.1) is 12.2 Å². The number of aromatic nitrogens is 3. The second-order valence-electron chi connectivity index (χ2n) is 10.2. The van der Waals surface area contributed by atoms with Crippen LogP contribution >= 0.6 is 0 Å². The highest BCUT2D eigenvalue weighted by molar-refractivity contribution is 5.76. The number of ether oxygens (including phenoxy) is 1. The van der Waals surface area contributed by atoms with Crippen LogP contribution in [0.3, 0.4) is 0 Å². The van der Waals surface area contributed by atoms with Crippen molar-refractivity contribution in [1.29, 1.82) is 0 Å². The summed E-state index contributed by atoms with van der Waals surface area (Å²) >= 11 is 0. The number of carbonyl (C=O) groups excluding carboxylic acids is 2. The molecule has 3 heterocycles. The van der Waals surface area contributed by atoms with Crippen LogP contribution in [0, 0.1) is 0 Å². The van der Waals surface area contributed by atoms with E-state index in [1.54, 1.807) is 6.20 Å². The van der Waals surface area contributed by atoms with Crippen LogP contribution in [-0.2, 0) is 32.8 Å². The fourth-order valence-corrected chi connectivity index (χ4v) is 5.21. The Morgan fingerprint density at radius 3 is 2.47 bits per heavy atom. The molecule has 0 bridgehead atoms. The van der Waals surface area contributed by atoms with Gasteiger partial charge < -0.3 is 24.8 Å². The maximum Gasteiger partial charge on any atom is 0.227 e. The molecule has 2 fully saturated rings. The summed E-state index contributed by atoms with van der Waals surface area (Å²) in [5, 5.41) is 10.2. The predicted molar refractivity (Wildman–Crippen MR) is 134 cm³/mol. The molecular weight excluding hydrogens is 460 g/mol. The number of hydrogen-bond acceptors (Lipinski definition) is 8. The average molecular weight is 499 g/mol. The lowest BCUT2D eigenvalue weighted by atomic mass is 9.89. The Hall–Kier alpha value is -3.01. The van der Waals surface area contributed by atoms with E-state index < -0.39 is 5.54 Å². The molecule has 1 aliphatic heterocycles. The first-order chi connectivity index (χ1) is 17.3. The third kappa shape index (κ3) is 6.81. The lowest BCUT2D eigenvalue weighted by molar-refractivity contribution is -0.122. The molecule has 2 N–H and O–H groups in total. The SMILES string of the molecule is CC(=O)NC1(c2noc(CCC(=O)NCc3ccc(N4CC(C)OC(C)C4)nc3)n2)CCCCCC1. The van der Waals surface area contributed by atoms with E-state index in [4.69, 9.17) is 9.26 Å². The van der Waals surface area contributed by atoms with Crippen LogP contribution in [0.4, 0.5) is 5.82 Å². The van der Waals surface area contributed by atoms with E-state index in [0.29, 0.717) is 24.7 Å². The van der Waals surface area contributed by atoms with Gasteiger partial charge in [-0.25, -0.2) is 4.98 Å². The van der Waals surface area contributed by atoms with Gasteiger partial charge in [0.25, 0.3) is 0 Å². The van der Waals surface area contributed by atoms with Crippen molar-refractivity contribution in [2.24, 2.45) is 0 Å². The smallest absolute Gasteiger partial charge is 0.227 e. The van der Waals surface area contributed by atoms with Gasteiger partial charge in [-0.05, 0) is 38.3 Å². The number of anilines is 1. The molecule has 0 aromatic carbocycles. The van der Waals surface area contributed by atoms with Crippen molar-refractivity contribution in [3.05, 3.63) is 35.6 Å². The Labute approximate surface area is 212 Å². The summed E-state index contributed by atoms with van der Waals surface area (Å²) < 4.78 is 11.2. The van der Waals surface area contributed by atoms with E-state index in [1.165, 1.54) is 6.92 Å². The number of morpholine rings is 1. The highest BCUT2D eigenvalue weighted by Crippen LogP contribution is 2.34. The highest BCUT2D eigenvalue weighted by atomic mass is 16.5. The molecule has 10 heteroatoms. The predicted octanol–water partition coefficient (Wildman–Crippen LogP) is 3.01. The Balaban J connectivity index is 1.26. The minimum atomic E-state index is -0.581. The van der Waals surface area contributed by atoms with Crippen LogP contribution in [0.1, 0.15) is 83.0 Å². The maximum absolute atomic E-state index is 12.4. The quantitative estimate of drug-likeness (QED) is 0.533. The Morgan fingerprint density at radius 2 is 1.83 bits per heavy atom. The number of amides is 2. The molecular formula is C26H38N6O4. The number of pyridine rings is 1. The van der Waals surface area contributed by atoms with Gasteiger partial charge in [0.15, 0.2) is 5.82 Å². The van der Waals surface area contributed by atoms with Crippen molar-refractivity contribution in [3.8, 4) is 0 Å². The molecule has 10 nitrogen and oxygen atoms in total. The fraction of sp³-hybridized carbons (Fsp3) is 0.654. The molecule has 2 atom stereocenters. The highest BCUT2D eigenvalue weighted by Gasteiger charge is 2.38. The van der Waals surface area contributed by atoms with Crippen LogP contribution in [0.5, 0.6) is 0 Å². The lowest BCUT2D eigenvalue weighted by Gasteiger charge is -2.36. The third-order valence-corrected chi connectivity index (χ3v) is 6.88. The molecule has 1 saturated heterocycles. The molecule has 2 aromatic heterocycles. The van der Waals surface area contributed by atoms with Crippen LogP contribution in [0.25, 0.3) is 0 Å². The Bertz CT molecular complexity index is 1010. The molecule has 36 heavy (non-hydrogen) atoms. The summed E-state index contributed by atoms with van der Waals surface area (Å²) in [5.41, 5.74) is 0.357. The second kappa shape index (κ2) is 11.8. The van der Waals surface area contributed by atoms with E-state index in [1.807, 2.05) is 12.1 Å². The standard InChI is InChI=1S/C26H38N6O4/c1-18-16-32(17-19(2)35-18)22-9-8-21(14-27-22)15-28-23(34)10-11-24-29-25(31-36-24)26(30-20(3)33)12-6-4-5-7-13-26/h8-9,14,18-19H,4-7,10-13,15-17H2,1-3H3,(H,28,34)(H,30,33). The molecule has 0 spiro atoms. The van der Waals surface area contributed by atoms with Crippen molar-refractivity contribution in [3.63, 3.8) is 0 Å². The number of rotatable bonds is 8. The average Bonchev–Trinajstić information content (AvgIpc) is 3.21. The zero-order chi connectivity index (χ0) is 25.5. The number of nitrogens with zero attached hydrogens (tertiary/aromatic N) is 4. The number of carbonyl (C=O) groups is 2. The Kier molecular flexibility index (Phi) is 8.56. The molecule has 1 aliphatic carbocycles. The second-order valence-corrected chi connectivity index (χ2v) is 10.2. The van der Waals surface area contributed by atoms with Crippen LogP contribution in [0.15, 0.2) is 22.9 Å². The molecule has 4 rings (SSSR count). The van der Waals surface area contributed by atoms with Crippen molar-refractivity contribution >= 4 is 17.6 Å². The summed E-state index contributed by atoms with van der Waals surface area (Å²) in [4.78, 5) is 35.7. The van der Waals surface area contributed by atoms with Crippen molar-refractivity contribution in [2.45, 2.75) is 96.4 Å². The molecule has 2 unspecified atom stereocenters. The number of hydrogen-bond donors (Lipinski definition) is 2. The van der Waals surface area contributed by atoms with Gasteiger partial charge in [0, 0.05) is 45.6 Å². The largest absolute Gasteiger partial charge is 0.372 e. The van der Waals surface area contributed by atoms with Gasteiger partial charge in [-0.15, -0.1) is 0 Å². The van der Waals surface area contributed by atoms with E-state index in [9.17, 15) is 9.59 Å². The zero-order valence-electron chi connectivity index (χ0n) is 21.6. The summed E-state index contributed by atoms with van der Waals surface area (Å²) in [6.07, 6.45) is 8.61. The maximum atomic E-state index is 12.4. The lowest BCUT2D eigenvalue weighted by Crippen LogP contribution is -2.45. The minimum Gasteiger partial charge on any atom is -0.372 e. The summed E-state index contributed by atoms with van der Waals surface area (Å²) in [6, 6.07) is 3.98. The first-order valence-corrected chi connectivity index (χ1v) is 13.1. The third-order valence-electron chi connectivity index (χ3n) is 6.88. The van der Waals surface area contributed by atoms with Crippen LogP contribution in [0.2, 0.25) is 0 Å². The van der Waals surface area contributed by atoms with Crippen molar-refractivity contribution in [2.75, 3.05) is 18.0 Å². The van der Waals surface area contributed by atoms with Crippen LogP contribution in [-0.4, -0.2) is 52.2 Å². The minimum absolute atomic E-state index is 0.0966. The number of aryl methyl sites for hydroxylation is 1. The zero-order valence-corrected chi connectivity index (χ0v) is 21.6. The monoisotopic (exact) mass is 498 g/mol.